The average Bonchev–Trinajstić information content (AvgIpc) is 3.37. The molecule has 172 valence electrons. The second-order valence-electron chi connectivity index (χ2n) is 7.78. The minimum Gasteiger partial charge on any atom is -0.364 e. The zero-order valence-corrected chi connectivity index (χ0v) is 21.1. The number of guanidine groups is 1. The summed E-state index contributed by atoms with van der Waals surface area (Å²) in [5.74, 6) is 1.39. The van der Waals surface area contributed by atoms with Crippen LogP contribution in [0.25, 0.3) is 0 Å². The van der Waals surface area contributed by atoms with E-state index in [0.717, 1.165) is 25.6 Å². The molecule has 30 heavy (non-hydrogen) atoms. The molecule has 1 aromatic heterocycles. The van der Waals surface area contributed by atoms with Crippen LogP contribution < -0.4 is 5.32 Å². The Morgan fingerprint density at radius 2 is 2.03 bits per heavy atom. The van der Waals surface area contributed by atoms with E-state index in [1.807, 2.05) is 0 Å². The SMILES string of the molecule is CCCN1CCC(CN=C(NCC)N2CCN(S(=O)(=O)Cc3ccon3)CC2)C1.I. The quantitative estimate of drug-likeness (QED) is 0.295. The van der Waals surface area contributed by atoms with E-state index in [0.29, 0.717) is 37.8 Å². The maximum atomic E-state index is 12.6. The predicted octanol–water partition coefficient (Wildman–Crippen LogP) is 1.44. The van der Waals surface area contributed by atoms with E-state index in [4.69, 9.17) is 9.52 Å². The van der Waals surface area contributed by atoms with Gasteiger partial charge in [-0.2, -0.15) is 4.31 Å². The van der Waals surface area contributed by atoms with Gasteiger partial charge in [-0.15, -0.1) is 24.0 Å². The Hall–Kier alpha value is -0.920. The first-order chi connectivity index (χ1) is 14.0. The average molecular weight is 554 g/mol. The molecule has 0 saturated carbocycles. The van der Waals surface area contributed by atoms with Gasteiger partial charge in [0.2, 0.25) is 10.0 Å². The zero-order chi connectivity index (χ0) is 20.7. The number of aromatic nitrogens is 1. The molecule has 1 N–H and O–H groups in total. The van der Waals surface area contributed by atoms with Crippen LogP contribution in [0.5, 0.6) is 0 Å². The third-order valence-electron chi connectivity index (χ3n) is 5.50. The molecule has 1 unspecified atom stereocenters. The Balaban J connectivity index is 0.00000320. The van der Waals surface area contributed by atoms with Crippen molar-refractivity contribution in [2.45, 2.75) is 32.4 Å². The Morgan fingerprint density at radius 1 is 1.27 bits per heavy atom. The van der Waals surface area contributed by atoms with Crippen molar-refractivity contribution in [2.24, 2.45) is 10.9 Å². The molecule has 1 atom stereocenters. The molecular formula is C19H35IN6O3S. The van der Waals surface area contributed by atoms with Crippen LogP contribution >= 0.6 is 24.0 Å². The standard InChI is InChI=1S/C19H34N6O3S.HI/c1-3-7-23-8-5-17(15-23)14-21-19(20-4-2)24-9-11-25(12-10-24)29(26,27)16-18-6-13-28-22-18;/h6,13,17H,3-5,7-12,14-16H2,1-2H3,(H,20,21);1H. The van der Waals surface area contributed by atoms with Crippen molar-refractivity contribution in [1.29, 1.82) is 0 Å². The first kappa shape index (κ1) is 25.3. The van der Waals surface area contributed by atoms with Crippen molar-refractivity contribution >= 4 is 40.0 Å². The van der Waals surface area contributed by atoms with Crippen molar-refractivity contribution in [2.75, 3.05) is 58.9 Å². The van der Waals surface area contributed by atoms with Crippen molar-refractivity contribution in [3.63, 3.8) is 0 Å². The summed E-state index contributed by atoms with van der Waals surface area (Å²) in [6.45, 7) is 11.6. The Bertz CT molecular complexity index is 750. The van der Waals surface area contributed by atoms with Gasteiger partial charge in [0.15, 0.2) is 5.96 Å². The number of nitrogens with zero attached hydrogens (tertiary/aromatic N) is 5. The van der Waals surface area contributed by atoms with Crippen LogP contribution in [0, 0.1) is 5.92 Å². The van der Waals surface area contributed by atoms with E-state index in [2.05, 4.69) is 34.1 Å². The maximum absolute atomic E-state index is 12.6. The van der Waals surface area contributed by atoms with Gasteiger partial charge >= 0.3 is 0 Å². The summed E-state index contributed by atoms with van der Waals surface area (Å²) in [6.07, 6.45) is 3.80. The fourth-order valence-electron chi connectivity index (χ4n) is 3.99. The van der Waals surface area contributed by atoms with Crippen LogP contribution in [0.1, 0.15) is 32.4 Å². The monoisotopic (exact) mass is 554 g/mol. The van der Waals surface area contributed by atoms with Crippen LogP contribution in [0.2, 0.25) is 0 Å². The van der Waals surface area contributed by atoms with Gasteiger partial charge in [-0.3, -0.25) is 4.99 Å². The van der Waals surface area contributed by atoms with Gasteiger partial charge in [0, 0.05) is 51.9 Å². The van der Waals surface area contributed by atoms with Gasteiger partial charge < -0.3 is 19.6 Å². The lowest BCUT2D eigenvalue weighted by Crippen LogP contribution is -2.54. The normalized spacial score (nSPS) is 21.6. The second kappa shape index (κ2) is 12.2. The summed E-state index contributed by atoms with van der Waals surface area (Å²) >= 11 is 0. The number of hydrogen-bond acceptors (Lipinski definition) is 6. The molecule has 3 heterocycles. The molecule has 0 amide bonds. The number of aliphatic imine (C=N–C) groups is 1. The number of sulfonamides is 1. The van der Waals surface area contributed by atoms with Crippen molar-refractivity contribution in [1.82, 2.24) is 24.6 Å². The van der Waals surface area contributed by atoms with E-state index in [1.54, 1.807) is 10.4 Å². The third-order valence-corrected chi connectivity index (χ3v) is 7.31. The van der Waals surface area contributed by atoms with E-state index < -0.39 is 10.0 Å². The highest BCUT2D eigenvalue weighted by molar-refractivity contribution is 14.0. The smallest absolute Gasteiger partial charge is 0.220 e. The van der Waals surface area contributed by atoms with E-state index in [-0.39, 0.29) is 29.7 Å². The van der Waals surface area contributed by atoms with E-state index >= 15 is 0 Å². The van der Waals surface area contributed by atoms with Crippen LogP contribution in [0.3, 0.4) is 0 Å². The topological polar surface area (TPSA) is 94.3 Å². The molecule has 0 radical (unpaired) electrons. The summed E-state index contributed by atoms with van der Waals surface area (Å²) in [7, 11) is -3.39. The summed E-state index contributed by atoms with van der Waals surface area (Å²) in [6, 6.07) is 1.59. The molecule has 0 aliphatic carbocycles. The Morgan fingerprint density at radius 3 is 2.67 bits per heavy atom. The Labute approximate surface area is 197 Å². The van der Waals surface area contributed by atoms with Gasteiger partial charge in [0.25, 0.3) is 0 Å². The van der Waals surface area contributed by atoms with Gasteiger partial charge in [-0.05, 0) is 38.8 Å². The number of nitrogens with one attached hydrogen (secondary N) is 1. The highest BCUT2D eigenvalue weighted by atomic mass is 127. The number of likely N-dealkylation sites (tertiary alicyclic amines) is 1. The van der Waals surface area contributed by atoms with E-state index in [1.165, 1.54) is 32.2 Å². The zero-order valence-electron chi connectivity index (χ0n) is 18.0. The molecular weight excluding hydrogens is 519 g/mol. The second-order valence-corrected chi connectivity index (χ2v) is 9.75. The van der Waals surface area contributed by atoms with Gasteiger partial charge in [0.05, 0.1) is 5.69 Å². The predicted molar refractivity (Wildman–Crippen MR) is 129 cm³/mol. The lowest BCUT2D eigenvalue weighted by atomic mass is 10.1. The van der Waals surface area contributed by atoms with Crippen molar-refractivity contribution in [3.8, 4) is 0 Å². The number of halogens is 1. The number of piperazine rings is 1. The minimum atomic E-state index is -3.39. The molecule has 2 saturated heterocycles. The molecule has 0 bridgehead atoms. The largest absolute Gasteiger partial charge is 0.364 e. The maximum Gasteiger partial charge on any atom is 0.220 e. The highest BCUT2D eigenvalue weighted by Gasteiger charge is 2.29. The summed E-state index contributed by atoms with van der Waals surface area (Å²) in [4.78, 5) is 9.57. The summed E-state index contributed by atoms with van der Waals surface area (Å²) < 4.78 is 31.5. The van der Waals surface area contributed by atoms with Crippen LogP contribution in [-0.2, 0) is 15.8 Å². The molecule has 2 fully saturated rings. The molecule has 2 aliphatic rings. The van der Waals surface area contributed by atoms with Gasteiger partial charge in [0.1, 0.15) is 12.0 Å². The number of rotatable bonds is 8. The lowest BCUT2D eigenvalue weighted by Gasteiger charge is -2.35. The summed E-state index contributed by atoms with van der Waals surface area (Å²) in [5, 5.41) is 7.09. The third kappa shape index (κ3) is 7.06. The van der Waals surface area contributed by atoms with Crippen molar-refractivity contribution in [3.05, 3.63) is 18.0 Å². The van der Waals surface area contributed by atoms with E-state index in [9.17, 15) is 8.42 Å². The Kier molecular flexibility index (Phi) is 10.3. The van der Waals surface area contributed by atoms with Crippen LogP contribution in [0.4, 0.5) is 0 Å². The minimum absolute atomic E-state index is 0. The van der Waals surface area contributed by atoms with Gasteiger partial charge in [-0.25, -0.2) is 8.42 Å². The first-order valence-electron chi connectivity index (χ1n) is 10.6. The highest BCUT2D eigenvalue weighted by Crippen LogP contribution is 2.17. The fourth-order valence-corrected chi connectivity index (χ4v) is 5.42. The van der Waals surface area contributed by atoms with Crippen molar-refractivity contribution < 1.29 is 12.9 Å². The molecule has 2 aliphatic heterocycles. The first-order valence-corrected chi connectivity index (χ1v) is 12.3. The molecule has 9 nitrogen and oxygen atoms in total. The summed E-state index contributed by atoms with van der Waals surface area (Å²) in [5.41, 5.74) is 0.441. The lowest BCUT2D eigenvalue weighted by molar-refractivity contribution is 0.259. The molecule has 1 aromatic rings. The van der Waals surface area contributed by atoms with Crippen LogP contribution in [0.15, 0.2) is 21.8 Å². The van der Waals surface area contributed by atoms with Gasteiger partial charge in [-0.1, -0.05) is 12.1 Å². The molecule has 0 spiro atoms. The van der Waals surface area contributed by atoms with Crippen LogP contribution in [-0.4, -0.2) is 92.5 Å². The molecule has 0 aromatic carbocycles. The molecule has 3 rings (SSSR count). The molecule has 11 heteroatoms. The fraction of sp³-hybridized carbons (Fsp3) is 0.789. The number of hydrogen-bond donors (Lipinski definition) is 1.